The maximum Gasteiger partial charge on any atom is 0.264 e. The third kappa shape index (κ3) is 8.22. The number of rotatable bonds is 9. The normalized spacial score (nSPS) is 12.5. The van der Waals surface area contributed by atoms with Crippen LogP contribution in [0.2, 0.25) is 10.0 Å². The van der Waals surface area contributed by atoms with E-state index in [0.29, 0.717) is 0 Å². The molecule has 7 nitrogen and oxygen atoms in total. The summed E-state index contributed by atoms with van der Waals surface area (Å²) >= 11 is 12.5. The Labute approximate surface area is 247 Å². The van der Waals surface area contributed by atoms with Gasteiger partial charge in [0, 0.05) is 22.1 Å². The predicted molar refractivity (Wildman–Crippen MR) is 161 cm³/mol. The molecule has 0 aliphatic heterocycles. The maximum atomic E-state index is 14.0. The molecule has 10 heteroatoms. The molecule has 0 bridgehead atoms. The van der Waals surface area contributed by atoms with Gasteiger partial charge in [0.2, 0.25) is 11.8 Å². The Morgan fingerprint density at radius 3 is 1.88 bits per heavy atom. The topological polar surface area (TPSA) is 86.8 Å². The number of anilines is 1. The maximum absolute atomic E-state index is 14.0. The van der Waals surface area contributed by atoms with Gasteiger partial charge in [-0.3, -0.25) is 13.9 Å². The lowest BCUT2D eigenvalue weighted by Crippen LogP contribution is -2.54. The minimum atomic E-state index is -4.22. The number of benzene rings is 3. The minimum Gasteiger partial charge on any atom is -0.350 e. The standard InChI is InChI=1S/C30H35Cl2N3O4S/c1-20-7-11-23(12-8-20)18-34(22(3)29(37)33-30(4,5)6)28(36)19-35(26-16-24(31)15-25(32)17-26)40(38,39)27-13-9-21(2)10-14-27/h7-17,22H,18-19H2,1-6H3,(H,33,37)/t22-/m1/s1. The molecule has 0 spiro atoms. The van der Waals surface area contributed by atoms with Gasteiger partial charge in [-0.15, -0.1) is 0 Å². The molecule has 0 saturated carbocycles. The molecule has 214 valence electrons. The summed E-state index contributed by atoms with van der Waals surface area (Å²) in [6, 6.07) is 17.4. The van der Waals surface area contributed by atoms with E-state index in [4.69, 9.17) is 23.2 Å². The molecule has 3 aromatic carbocycles. The summed E-state index contributed by atoms with van der Waals surface area (Å²) in [4.78, 5) is 28.5. The Hall–Kier alpha value is -3.07. The van der Waals surface area contributed by atoms with Gasteiger partial charge < -0.3 is 10.2 Å². The summed E-state index contributed by atoms with van der Waals surface area (Å²) in [5.74, 6) is -0.921. The highest BCUT2D eigenvalue weighted by molar-refractivity contribution is 7.92. The first kappa shape index (κ1) is 31.5. The molecule has 0 unspecified atom stereocenters. The molecular weight excluding hydrogens is 569 g/mol. The van der Waals surface area contributed by atoms with Crippen LogP contribution in [0.25, 0.3) is 0 Å². The van der Waals surface area contributed by atoms with Crippen LogP contribution in [0.1, 0.15) is 44.4 Å². The number of hydrogen-bond acceptors (Lipinski definition) is 4. The lowest BCUT2D eigenvalue weighted by molar-refractivity contribution is -0.140. The molecule has 0 fully saturated rings. The van der Waals surface area contributed by atoms with E-state index in [1.165, 1.54) is 35.2 Å². The van der Waals surface area contributed by atoms with Gasteiger partial charge in [0.05, 0.1) is 10.6 Å². The van der Waals surface area contributed by atoms with E-state index >= 15 is 0 Å². The third-order valence-corrected chi connectivity index (χ3v) is 8.39. The number of halogens is 2. The van der Waals surface area contributed by atoms with Gasteiger partial charge >= 0.3 is 0 Å². The summed E-state index contributed by atoms with van der Waals surface area (Å²) in [7, 11) is -4.22. The average molecular weight is 605 g/mol. The Bertz CT molecular complexity index is 1450. The lowest BCUT2D eigenvalue weighted by atomic mass is 10.1. The van der Waals surface area contributed by atoms with Gasteiger partial charge in [-0.2, -0.15) is 0 Å². The molecule has 0 aliphatic carbocycles. The quantitative estimate of drug-likeness (QED) is 0.318. The molecule has 40 heavy (non-hydrogen) atoms. The van der Waals surface area contributed by atoms with Gasteiger partial charge in [0.15, 0.2) is 0 Å². The molecule has 0 saturated heterocycles. The first-order valence-electron chi connectivity index (χ1n) is 12.8. The van der Waals surface area contributed by atoms with Crippen LogP contribution in [0.5, 0.6) is 0 Å². The SMILES string of the molecule is Cc1ccc(CN(C(=O)CN(c2cc(Cl)cc(Cl)c2)S(=O)(=O)c2ccc(C)cc2)[C@H](C)C(=O)NC(C)(C)C)cc1. The van der Waals surface area contributed by atoms with Gasteiger partial charge in [0.1, 0.15) is 12.6 Å². The van der Waals surface area contributed by atoms with Gasteiger partial charge in [-0.05, 0) is 77.4 Å². The van der Waals surface area contributed by atoms with E-state index in [1.54, 1.807) is 19.1 Å². The fourth-order valence-corrected chi connectivity index (χ4v) is 5.91. The zero-order valence-electron chi connectivity index (χ0n) is 23.5. The van der Waals surface area contributed by atoms with E-state index in [1.807, 2.05) is 58.9 Å². The molecule has 0 heterocycles. The third-order valence-electron chi connectivity index (χ3n) is 6.16. The van der Waals surface area contributed by atoms with Gasteiger partial charge in [-0.1, -0.05) is 70.7 Å². The molecule has 3 aromatic rings. The van der Waals surface area contributed by atoms with E-state index in [-0.39, 0.29) is 33.1 Å². The summed E-state index contributed by atoms with van der Waals surface area (Å²) in [5, 5.41) is 3.34. The second-order valence-electron chi connectivity index (χ2n) is 10.9. The second-order valence-corrected chi connectivity index (χ2v) is 13.6. The number of nitrogens with zero attached hydrogens (tertiary/aromatic N) is 2. The van der Waals surface area contributed by atoms with Crippen LogP contribution in [0.3, 0.4) is 0 Å². The molecule has 0 radical (unpaired) electrons. The van der Waals surface area contributed by atoms with Crippen molar-refractivity contribution in [3.63, 3.8) is 0 Å². The highest BCUT2D eigenvalue weighted by Crippen LogP contribution is 2.30. The number of nitrogens with one attached hydrogen (secondary N) is 1. The van der Waals surface area contributed by atoms with Crippen LogP contribution >= 0.6 is 23.2 Å². The molecular formula is C30H35Cl2N3O4S. The number of sulfonamides is 1. The summed E-state index contributed by atoms with van der Waals surface area (Å²) in [5.41, 5.74) is 2.34. The van der Waals surface area contributed by atoms with Crippen molar-refractivity contribution in [3.05, 3.63) is 93.5 Å². The van der Waals surface area contributed by atoms with Crippen molar-refractivity contribution in [2.45, 2.75) is 64.6 Å². The Balaban J connectivity index is 2.07. The van der Waals surface area contributed by atoms with Crippen molar-refractivity contribution in [1.29, 1.82) is 0 Å². The minimum absolute atomic E-state index is 0.00519. The van der Waals surface area contributed by atoms with E-state index in [2.05, 4.69) is 5.32 Å². The fraction of sp³-hybridized carbons (Fsp3) is 0.333. The number of carbonyl (C=O) groups is 2. The molecule has 3 rings (SSSR count). The van der Waals surface area contributed by atoms with Crippen LogP contribution in [0.4, 0.5) is 5.69 Å². The smallest absolute Gasteiger partial charge is 0.264 e. The van der Waals surface area contributed by atoms with E-state index in [0.717, 1.165) is 21.0 Å². The Kier molecular flexibility index (Phi) is 9.93. The average Bonchev–Trinajstić information content (AvgIpc) is 2.85. The van der Waals surface area contributed by atoms with E-state index in [9.17, 15) is 18.0 Å². The van der Waals surface area contributed by atoms with Crippen molar-refractivity contribution in [2.24, 2.45) is 0 Å². The molecule has 1 atom stereocenters. The highest BCUT2D eigenvalue weighted by Gasteiger charge is 2.33. The zero-order chi connectivity index (χ0) is 29.8. The number of aryl methyl sites for hydroxylation is 2. The van der Waals surface area contributed by atoms with Crippen molar-refractivity contribution < 1.29 is 18.0 Å². The molecule has 1 N–H and O–H groups in total. The molecule has 0 aromatic heterocycles. The lowest BCUT2D eigenvalue weighted by Gasteiger charge is -2.33. The van der Waals surface area contributed by atoms with Crippen molar-refractivity contribution in [2.75, 3.05) is 10.8 Å². The number of carbonyl (C=O) groups excluding carboxylic acids is 2. The zero-order valence-corrected chi connectivity index (χ0v) is 25.9. The number of hydrogen-bond donors (Lipinski definition) is 1. The predicted octanol–water partition coefficient (Wildman–Crippen LogP) is 6.14. The van der Waals surface area contributed by atoms with Crippen molar-refractivity contribution in [3.8, 4) is 0 Å². The van der Waals surface area contributed by atoms with Gasteiger partial charge in [-0.25, -0.2) is 8.42 Å². The fourth-order valence-electron chi connectivity index (χ4n) is 4.00. The summed E-state index contributed by atoms with van der Waals surface area (Å²) in [6.45, 7) is 10.5. The molecule has 0 aliphatic rings. The summed E-state index contributed by atoms with van der Waals surface area (Å²) < 4.78 is 28.8. The Morgan fingerprint density at radius 2 is 1.38 bits per heavy atom. The largest absolute Gasteiger partial charge is 0.350 e. The first-order chi connectivity index (χ1) is 18.6. The Morgan fingerprint density at radius 1 is 0.875 bits per heavy atom. The van der Waals surface area contributed by atoms with Crippen LogP contribution in [-0.4, -0.2) is 43.3 Å². The summed E-state index contributed by atoms with van der Waals surface area (Å²) in [6.07, 6.45) is 0. The van der Waals surface area contributed by atoms with Gasteiger partial charge in [0.25, 0.3) is 10.0 Å². The van der Waals surface area contributed by atoms with Crippen molar-refractivity contribution >= 4 is 50.7 Å². The highest BCUT2D eigenvalue weighted by atomic mass is 35.5. The molecule has 2 amide bonds. The van der Waals surface area contributed by atoms with Crippen molar-refractivity contribution in [1.82, 2.24) is 10.2 Å². The monoisotopic (exact) mass is 603 g/mol. The first-order valence-corrected chi connectivity index (χ1v) is 15.0. The van der Waals surface area contributed by atoms with Crippen LogP contribution in [-0.2, 0) is 26.2 Å². The van der Waals surface area contributed by atoms with Crippen LogP contribution in [0.15, 0.2) is 71.6 Å². The van der Waals surface area contributed by atoms with Crippen LogP contribution < -0.4 is 9.62 Å². The number of amides is 2. The van der Waals surface area contributed by atoms with E-state index < -0.39 is 34.1 Å². The van der Waals surface area contributed by atoms with Crippen LogP contribution in [0, 0.1) is 13.8 Å². The second kappa shape index (κ2) is 12.6.